The Labute approximate surface area is 229 Å². The maximum Gasteiger partial charge on any atom is 0.251 e. The van der Waals surface area contributed by atoms with Crippen molar-refractivity contribution in [3.8, 4) is 5.75 Å². The average Bonchev–Trinajstić information content (AvgIpc) is 3.36. The Bertz CT molecular complexity index is 1400. The van der Waals surface area contributed by atoms with Crippen LogP contribution in [0.3, 0.4) is 0 Å². The highest BCUT2D eigenvalue weighted by molar-refractivity contribution is 5.94. The number of aromatic amines is 1. The van der Waals surface area contributed by atoms with Crippen molar-refractivity contribution >= 4 is 22.7 Å². The number of carbonyl (C=O) groups is 2. The highest BCUT2D eigenvalue weighted by Crippen LogP contribution is 2.24. The monoisotopic (exact) mass is 524 g/mol. The van der Waals surface area contributed by atoms with E-state index in [4.69, 9.17) is 4.74 Å². The van der Waals surface area contributed by atoms with E-state index in [1.165, 1.54) is 10.9 Å². The summed E-state index contributed by atoms with van der Waals surface area (Å²) in [6.07, 6.45) is 5.53. The standard InChI is InChI=1S/C32H36N4O3/c37-31-23-36(21-24-9-3-1-4-10-24)22-27-14-13-25(19-30(27)39-18-8-2-7-16-33-31)32(38)34-17-15-26-20-35-29-12-6-5-11-28(26)29/h1,3-6,9-14,19-20,35H,2,7-8,15-18,21-23H2,(H,33,37)(H,34,38). The van der Waals surface area contributed by atoms with Crippen LogP contribution < -0.4 is 15.4 Å². The predicted molar refractivity (Wildman–Crippen MR) is 154 cm³/mol. The van der Waals surface area contributed by atoms with Crippen LogP contribution in [0.4, 0.5) is 0 Å². The number of aromatic nitrogens is 1. The molecule has 0 atom stereocenters. The Balaban J connectivity index is 1.29. The van der Waals surface area contributed by atoms with Crippen molar-refractivity contribution in [2.24, 2.45) is 0 Å². The van der Waals surface area contributed by atoms with E-state index in [2.05, 4.69) is 44.8 Å². The summed E-state index contributed by atoms with van der Waals surface area (Å²) in [4.78, 5) is 31.1. The number of para-hydroxylation sites is 1. The fourth-order valence-electron chi connectivity index (χ4n) is 5.03. The van der Waals surface area contributed by atoms with Gasteiger partial charge in [-0.15, -0.1) is 0 Å². The largest absolute Gasteiger partial charge is 0.493 e. The first-order valence-corrected chi connectivity index (χ1v) is 13.8. The highest BCUT2D eigenvalue weighted by Gasteiger charge is 2.17. The third-order valence-electron chi connectivity index (χ3n) is 7.10. The van der Waals surface area contributed by atoms with Crippen LogP contribution in [0.5, 0.6) is 5.75 Å². The lowest BCUT2D eigenvalue weighted by molar-refractivity contribution is -0.122. The van der Waals surface area contributed by atoms with Crippen LogP contribution in [-0.4, -0.2) is 47.9 Å². The number of hydrogen-bond donors (Lipinski definition) is 3. The number of fused-ring (bicyclic) bond motifs is 2. The Morgan fingerprint density at radius 3 is 2.69 bits per heavy atom. The van der Waals surface area contributed by atoms with Crippen LogP contribution in [-0.2, 0) is 24.3 Å². The van der Waals surface area contributed by atoms with E-state index in [-0.39, 0.29) is 11.8 Å². The molecule has 2 amide bonds. The van der Waals surface area contributed by atoms with Gasteiger partial charge in [-0.3, -0.25) is 14.5 Å². The summed E-state index contributed by atoms with van der Waals surface area (Å²) in [7, 11) is 0. The molecule has 0 unspecified atom stereocenters. The number of nitrogens with zero attached hydrogens (tertiary/aromatic N) is 1. The smallest absolute Gasteiger partial charge is 0.251 e. The maximum atomic E-state index is 13.1. The fourth-order valence-corrected chi connectivity index (χ4v) is 5.03. The van der Waals surface area contributed by atoms with Gasteiger partial charge in [0.2, 0.25) is 5.91 Å². The van der Waals surface area contributed by atoms with E-state index < -0.39 is 0 Å². The molecule has 3 N–H and O–H groups in total. The van der Waals surface area contributed by atoms with Gasteiger partial charge in [-0.1, -0.05) is 54.6 Å². The summed E-state index contributed by atoms with van der Waals surface area (Å²) in [5.74, 6) is 0.612. The number of ether oxygens (including phenoxy) is 1. The molecule has 3 aromatic carbocycles. The molecule has 0 aliphatic carbocycles. The van der Waals surface area contributed by atoms with E-state index >= 15 is 0 Å². The molecule has 5 rings (SSSR count). The Morgan fingerprint density at radius 2 is 1.79 bits per heavy atom. The molecule has 0 saturated carbocycles. The number of rotatable bonds is 6. The molecular formula is C32H36N4O3. The lowest BCUT2D eigenvalue weighted by atomic mass is 10.1. The molecule has 202 valence electrons. The van der Waals surface area contributed by atoms with Crippen molar-refractivity contribution in [2.75, 3.05) is 26.2 Å². The topological polar surface area (TPSA) is 86.5 Å². The minimum absolute atomic E-state index is 0.0267. The molecule has 0 radical (unpaired) electrons. The van der Waals surface area contributed by atoms with Gasteiger partial charge in [0.25, 0.3) is 5.91 Å². The summed E-state index contributed by atoms with van der Waals surface area (Å²) in [5, 5.41) is 7.29. The molecule has 0 saturated heterocycles. The van der Waals surface area contributed by atoms with Crippen LogP contribution >= 0.6 is 0 Å². The van der Waals surface area contributed by atoms with Crippen LogP contribution in [0.1, 0.15) is 46.3 Å². The fraction of sp³-hybridized carbons (Fsp3) is 0.312. The lowest BCUT2D eigenvalue weighted by Crippen LogP contribution is -2.37. The Kier molecular flexibility index (Phi) is 8.91. The maximum absolute atomic E-state index is 13.1. The van der Waals surface area contributed by atoms with E-state index in [9.17, 15) is 9.59 Å². The minimum atomic E-state index is -0.121. The van der Waals surface area contributed by atoms with Crippen molar-refractivity contribution < 1.29 is 14.3 Å². The van der Waals surface area contributed by atoms with Crippen LogP contribution in [0.2, 0.25) is 0 Å². The van der Waals surface area contributed by atoms with Crippen molar-refractivity contribution in [3.63, 3.8) is 0 Å². The summed E-state index contributed by atoms with van der Waals surface area (Å²) in [6, 6.07) is 24.0. The summed E-state index contributed by atoms with van der Waals surface area (Å²) >= 11 is 0. The first-order valence-electron chi connectivity index (χ1n) is 13.8. The van der Waals surface area contributed by atoms with Gasteiger partial charge in [-0.05, 0) is 55.0 Å². The first-order chi connectivity index (χ1) is 19.2. The van der Waals surface area contributed by atoms with Gasteiger partial charge in [0.15, 0.2) is 0 Å². The second-order valence-electron chi connectivity index (χ2n) is 10.1. The SMILES string of the molecule is O=C1CN(Cc2ccccc2)Cc2ccc(C(=O)NCCc3c[nH]c4ccccc34)cc2OCCCCCN1. The quantitative estimate of drug-likeness (QED) is 0.338. The van der Waals surface area contributed by atoms with Crippen molar-refractivity contribution in [1.82, 2.24) is 20.5 Å². The molecule has 1 aliphatic rings. The summed E-state index contributed by atoms with van der Waals surface area (Å²) in [5.41, 5.74) is 4.97. The highest BCUT2D eigenvalue weighted by atomic mass is 16.5. The van der Waals surface area contributed by atoms with Gasteiger partial charge in [0.05, 0.1) is 13.2 Å². The van der Waals surface area contributed by atoms with Crippen molar-refractivity contribution in [2.45, 2.75) is 38.8 Å². The van der Waals surface area contributed by atoms with E-state index in [1.54, 1.807) is 0 Å². The molecule has 39 heavy (non-hydrogen) atoms. The number of nitrogens with one attached hydrogen (secondary N) is 3. The number of H-pyrrole nitrogens is 1. The van der Waals surface area contributed by atoms with Crippen molar-refractivity contribution in [3.05, 3.63) is 101 Å². The van der Waals surface area contributed by atoms with Gasteiger partial charge in [0.1, 0.15) is 5.75 Å². The second-order valence-corrected chi connectivity index (χ2v) is 10.1. The number of carbonyl (C=O) groups excluding carboxylic acids is 2. The van der Waals surface area contributed by atoms with Gasteiger partial charge < -0.3 is 20.4 Å². The molecule has 1 aromatic heterocycles. The predicted octanol–water partition coefficient (Wildman–Crippen LogP) is 4.82. The van der Waals surface area contributed by atoms with E-state index in [0.29, 0.717) is 50.6 Å². The van der Waals surface area contributed by atoms with Gasteiger partial charge in [-0.2, -0.15) is 0 Å². The van der Waals surface area contributed by atoms with Crippen LogP contribution in [0, 0.1) is 0 Å². The number of hydrogen-bond acceptors (Lipinski definition) is 4. The van der Waals surface area contributed by atoms with Gasteiger partial charge in [-0.25, -0.2) is 0 Å². The zero-order chi connectivity index (χ0) is 26.9. The zero-order valence-electron chi connectivity index (χ0n) is 22.2. The molecule has 2 heterocycles. The molecule has 7 nitrogen and oxygen atoms in total. The number of amides is 2. The first kappa shape index (κ1) is 26.5. The minimum Gasteiger partial charge on any atom is -0.493 e. The van der Waals surface area contributed by atoms with Crippen LogP contribution in [0.25, 0.3) is 10.9 Å². The third kappa shape index (κ3) is 7.27. The molecule has 4 aromatic rings. The Morgan fingerprint density at radius 1 is 0.949 bits per heavy atom. The molecule has 0 spiro atoms. The molecule has 7 heteroatoms. The molecular weight excluding hydrogens is 488 g/mol. The second kappa shape index (κ2) is 13.1. The van der Waals surface area contributed by atoms with Crippen molar-refractivity contribution in [1.29, 1.82) is 0 Å². The average molecular weight is 525 g/mol. The van der Waals surface area contributed by atoms with E-state index in [0.717, 1.165) is 42.3 Å². The van der Waals surface area contributed by atoms with Crippen LogP contribution in [0.15, 0.2) is 79.0 Å². The summed E-state index contributed by atoms with van der Waals surface area (Å²) in [6.45, 7) is 3.27. The lowest BCUT2D eigenvalue weighted by Gasteiger charge is -2.23. The third-order valence-corrected chi connectivity index (χ3v) is 7.10. The summed E-state index contributed by atoms with van der Waals surface area (Å²) < 4.78 is 6.21. The number of benzene rings is 3. The zero-order valence-corrected chi connectivity index (χ0v) is 22.2. The van der Waals surface area contributed by atoms with Gasteiger partial charge in [0, 0.05) is 54.4 Å². The Hall–Kier alpha value is -4.10. The van der Waals surface area contributed by atoms with E-state index in [1.807, 2.05) is 54.7 Å². The molecule has 0 fully saturated rings. The molecule has 0 bridgehead atoms. The molecule has 1 aliphatic heterocycles. The van der Waals surface area contributed by atoms with Gasteiger partial charge >= 0.3 is 0 Å². The normalized spacial score (nSPS) is 15.2.